The van der Waals surface area contributed by atoms with Gasteiger partial charge in [-0.1, -0.05) is 6.92 Å². The summed E-state index contributed by atoms with van der Waals surface area (Å²) in [6, 6.07) is 0. The van der Waals surface area contributed by atoms with Crippen molar-refractivity contribution in [3.05, 3.63) is 0 Å². The van der Waals surface area contributed by atoms with Crippen LogP contribution in [0, 0.1) is 5.92 Å². The van der Waals surface area contributed by atoms with Crippen LogP contribution in [-0.4, -0.2) is 37.2 Å². The SMILES string of the molecule is CC1CCOCC12CCCN2C. The van der Waals surface area contributed by atoms with Gasteiger partial charge in [0.05, 0.1) is 6.61 Å². The minimum Gasteiger partial charge on any atom is -0.380 e. The van der Waals surface area contributed by atoms with E-state index in [-0.39, 0.29) is 0 Å². The zero-order valence-corrected chi connectivity index (χ0v) is 8.18. The van der Waals surface area contributed by atoms with E-state index >= 15 is 0 Å². The van der Waals surface area contributed by atoms with Gasteiger partial charge in [0.1, 0.15) is 0 Å². The van der Waals surface area contributed by atoms with Crippen LogP contribution in [0.1, 0.15) is 26.2 Å². The van der Waals surface area contributed by atoms with Crippen LogP contribution in [0.5, 0.6) is 0 Å². The molecule has 0 aromatic carbocycles. The number of likely N-dealkylation sites (tertiary alicyclic amines) is 1. The molecule has 2 heterocycles. The van der Waals surface area contributed by atoms with Crippen molar-refractivity contribution in [3.8, 4) is 0 Å². The lowest BCUT2D eigenvalue weighted by Crippen LogP contribution is -2.53. The molecule has 2 unspecified atom stereocenters. The lowest BCUT2D eigenvalue weighted by Gasteiger charge is -2.44. The Hall–Kier alpha value is -0.0800. The molecule has 0 N–H and O–H groups in total. The van der Waals surface area contributed by atoms with Gasteiger partial charge in [-0.05, 0) is 38.8 Å². The third kappa shape index (κ3) is 1.09. The van der Waals surface area contributed by atoms with Crippen molar-refractivity contribution in [1.82, 2.24) is 4.90 Å². The van der Waals surface area contributed by atoms with Crippen molar-refractivity contribution in [2.45, 2.75) is 31.7 Å². The molecule has 0 aromatic heterocycles. The first-order valence-corrected chi connectivity index (χ1v) is 5.05. The minimum absolute atomic E-state index is 0.401. The average Bonchev–Trinajstić information content (AvgIpc) is 2.41. The Bertz CT molecular complexity index is 171. The quantitative estimate of drug-likeness (QED) is 0.545. The van der Waals surface area contributed by atoms with E-state index in [1.165, 1.54) is 25.8 Å². The van der Waals surface area contributed by atoms with Crippen molar-refractivity contribution in [2.24, 2.45) is 5.92 Å². The van der Waals surface area contributed by atoms with E-state index in [0.717, 1.165) is 19.1 Å². The van der Waals surface area contributed by atoms with E-state index < -0.39 is 0 Å². The Labute approximate surface area is 74.9 Å². The monoisotopic (exact) mass is 169 g/mol. The topological polar surface area (TPSA) is 12.5 Å². The van der Waals surface area contributed by atoms with Crippen LogP contribution in [-0.2, 0) is 4.74 Å². The van der Waals surface area contributed by atoms with E-state index in [9.17, 15) is 0 Å². The predicted octanol–water partition coefficient (Wildman–Crippen LogP) is 1.51. The summed E-state index contributed by atoms with van der Waals surface area (Å²) >= 11 is 0. The van der Waals surface area contributed by atoms with Crippen LogP contribution in [0.25, 0.3) is 0 Å². The third-order valence-electron chi connectivity index (χ3n) is 3.83. The Morgan fingerprint density at radius 2 is 2.33 bits per heavy atom. The second kappa shape index (κ2) is 3.00. The fourth-order valence-electron chi connectivity index (χ4n) is 2.76. The number of likely N-dealkylation sites (N-methyl/N-ethyl adjacent to an activating group) is 1. The minimum atomic E-state index is 0.401. The Morgan fingerprint density at radius 1 is 1.50 bits per heavy atom. The highest BCUT2D eigenvalue weighted by Crippen LogP contribution is 2.38. The predicted molar refractivity (Wildman–Crippen MR) is 49.2 cm³/mol. The molecule has 2 aliphatic heterocycles. The molecule has 0 saturated carbocycles. The first-order chi connectivity index (χ1) is 5.76. The summed E-state index contributed by atoms with van der Waals surface area (Å²) in [5.41, 5.74) is 0.401. The molecule has 70 valence electrons. The summed E-state index contributed by atoms with van der Waals surface area (Å²) in [6.45, 7) is 5.57. The van der Waals surface area contributed by atoms with E-state index in [1.54, 1.807) is 0 Å². The van der Waals surface area contributed by atoms with Crippen molar-refractivity contribution in [3.63, 3.8) is 0 Å². The highest BCUT2D eigenvalue weighted by Gasteiger charge is 2.44. The van der Waals surface area contributed by atoms with E-state index in [2.05, 4.69) is 18.9 Å². The molecule has 12 heavy (non-hydrogen) atoms. The number of rotatable bonds is 0. The van der Waals surface area contributed by atoms with Crippen LogP contribution >= 0.6 is 0 Å². The molecular weight excluding hydrogens is 150 g/mol. The van der Waals surface area contributed by atoms with E-state index in [4.69, 9.17) is 4.74 Å². The summed E-state index contributed by atoms with van der Waals surface area (Å²) < 4.78 is 5.61. The molecule has 0 aliphatic carbocycles. The van der Waals surface area contributed by atoms with Gasteiger partial charge in [0, 0.05) is 12.1 Å². The molecule has 2 nitrogen and oxygen atoms in total. The largest absolute Gasteiger partial charge is 0.380 e. The maximum atomic E-state index is 5.61. The molecule has 0 amide bonds. The highest BCUT2D eigenvalue weighted by atomic mass is 16.5. The summed E-state index contributed by atoms with van der Waals surface area (Å²) in [4.78, 5) is 2.51. The van der Waals surface area contributed by atoms with Gasteiger partial charge in [-0.3, -0.25) is 4.90 Å². The average molecular weight is 169 g/mol. The first kappa shape index (κ1) is 8.52. The van der Waals surface area contributed by atoms with Gasteiger partial charge >= 0.3 is 0 Å². The fraction of sp³-hybridized carbons (Fsp3) is 1.00. The molecule has 0 bridgehead atoms. The maximum absolute atomic E-state index is 5.61. The molecule has 1 spiro atoms. The molecule has 2 rings (SSSR count). The maximum Gasteiger partial charge on any atom is 0.0652 e. The van der Waals surface area contributed by atoms with Gasteiger partial charge in [-0.2, -0.15) is 0 Å². The second-order valence-electron chi connectivity index (χ2n) is 4.37. The van der Waals surface area contributed by atoms with Crippen molar-refractivity contribution < 1.29 is 4.74 Å². The smallest absolute Gasteiger partial charge is 0.0652 e. The Kier molecular flexibility index (Phi) is 2.13. The van der Waals surface area contributed by atoms with Crippen molar-refractivity contribution >= 4 is 0 Å². The zero-order valence-electron chi connectivity index (χ0n) is 8.18. The Morgan fingerprint density at radius 3 is 2.92 bits per heavy atom. The highest BCUT2D eigenvalue weighted by molar-refractivity contribution is 4.99. The van der Waals surface area contributed by atoms with E-state index in [1.807, 2.05) is 0 Å². The van der Waals surface area contributed by atoms with Crippen LogP contribution < -0.4 is 0 Å². The molecule has 2 atom stereocenters. The zero-order chi connectivity index (χ0) is 8.60. The van der Waals surface area contributed by atoms with Crippen LogP contribution in [0.3, 0.4) is 0 Å². The molecule has 2 aliphatic rings. The van der Waals surface area contributed by atoms with Gasteiger partial charge in [-0.15, -0.1) is 0 Å². The summed E-state index contributed by atoms with van der Waals surface area (Å²) in [7, 11) is 2.25. The Balaban J connectivity index is 2.15. The van der Waals surface area contributed by atoms with Crippen LogP contribution in [0.15, 0.2) is 0 Å². The lowest BCUT2D eigenvalue weighted by atomic mass is 9.80. The van der Waals surface area contributed by atoms with Crippen molar-refractivity contribution in [1.29, 1.82) is 0 Å². The van der Waals surface area contributed by atoms with Crippen LogP contribution in [0.2, 0.25) is 0 Å². The third-order valence-corrected chi connectivity index (χ3v) is 3.83. The van der Waals surface area contributed by atoms with Gasteiger partial charge in [0.15, 0.2) is 0 Å². The number of hydrogen-bond donors (Lipinski definition) is 0. The number of nitrogens with zero attached hydrogens (tertiary/aromatic N) is 1. The van der Waals surface area contributed by atoms with E-state index in [0.29, 0.717) is 5.54 Å². The van der Waals surface area contributed by atoms with Gasteiger partial charge in [-0.25, -0.2) is 0 Å². The molecular formula is C10H19NO. The molecule has 2 heteroatoms. The number of ether oxygens (including phenoxy) is 1. The van der Waals surface area contributed by atoms with Crippen molar-refractivity contribution in [2.75, 3.05) is 26.8 Å². The molecule has 0 aromatic rings. The molecule has 0 radical (unpaired) electrons. The molecule has 2 fully saturated rings. The standard InChI is InChI=1S/C10H19NO/c1-9-4-7-12-8-10(9)5-3-6-11(10)2/h9H,3-8H2,1-2H3. The lowest BCUT2D eigenvalue weighted by molar-refractivity contribution is -0.0545. The van der Waals surface area contributed by atoms with Gasteiger partial charge < -0.3 is 4.74 Å². The van der Waals surface area contributed by atoms with Gasteiger partial charge in [0.25, 0.3) is 0 Å². The second-order valence-corrected chi connectivity index (χ2v) is 4.37. The number of hydrogen-bond acceptors (Lipinski definition) is 2. The normalized spacial score (nSPS) is 44.0. The first-order valence-electron chi connectivity index (χ1n) is 5.05. The molecule has 2 saturated heterocycles. The summed E-state index contributed by atoms with van der Waals surface area (Å²) in [5, 5.41) is 0. The summed E-state index contributed by atoms with van der Waals surface area (Å²) in [6.07, 6.45) is 3.93. The fourth-order valence-corrected chi connectivity index (χ4v) is 2.76. The summed E-state index contributed by atoms with van der Waals surface area (Å²) in [5.74, 6) is 0.818. The van der Waals surface area contributed by atoms with Crippen LogP contribution in [0.4, 0.5) is 0 Å². The van der Waals surface area contributed by atoms with Gasteiger partial charge in [0.2, 0.25) is 0 Å².